The molecule has 1 N–H and O–H groups in total. The third kappa shape index (κ3) is 2.55. The van der Waals surface area contributed by atoms with Crippen molar-refractivity contribution in [3.8, 4) is 0 Å². The number of aryl methyl sites for hydroxylation is 1. The first-order valence-electron chi connectivity index (χ1n) is 7.02. The quantitative estimate of drug-likeness (QED) is 0.833. The lowest BCUT2D eigenvalue weighted by Gasteiger charge is -2.36. The first kappa shape index (κ1) is 11.3. The van der Waals surface area contributed by atoms with Gasteiger partial charge in [-0.1, -0.05) is 36.8 Å². The number of hydrogen-bond acceptors (Lipinski definition) is 1. The van der Waals surface area contributed by atoms with Gasteiger partial charge in [-0.25, -0.2) is 0 Å². The van der Waals surface area contributed by atoms with Crippen molar-refractivity contribution in [1.82, 2.24) is 5.32 Å². The van der Waals surface area contributed by atoms with Gasteiger partial charge in [0.25, 0.3) is 0 Å². The van der Waals surface area contributed by atoms with Gasteiger partial charge in [-0.15, -0.1) is 0 Å². The second-order valence-electron chi connectivity index (χ2n) is 6.16. The predicted octanol–water partition coefficient (Wildman–Crippen LogP) is 3.49. The normalized spacial score (nSPS) is 35.4. The van der Waals surface area contributed by atoms with Crippen LogP contribution in [-0.4, -0.2) is 12.6 Å². The Bertz CT molecular complexity index is 392. The van der Waals surface area contributed by atoms with Gasteiger partial charge >= 0.3 is 0 Å². The fourth-order valence-electron chi connectivity index (χ4n) is 2.98. The van der Waals surface area contributed by atoms with Crippen LogP contribution in [0.1, 0.15) is 43.2 Å². The minimum absolute atomic E-state index is 0.785. The van der Waals surface area contributed by atoms with Crippen LogP contribution in [0.5, 0.6) is 0 Å². The molecule has 92 valence electrons. The van der Waals surface area contributed by atoms with Crippen molar-refractivity contribution in [2.24, 2.45) is 11.8 Å². The zero-order valence-corrected chi connectivity index (χ0v) is 10.9. The highest BCUT2D eigenvalue weighted by Gasteiger charge is 2.35. The summed E-state index contributed by atoms with van der Waals surface area (Å²) in [6, 6.07) is 9.80. The number of nitrogens with one attached hydrogen (secondary N) is 1. The average molecular weight is 229 g/mol. The number of benzene rings is 1. The summed E-state index contributed by atoms with van der Waals surface area (Å²) in [5.74, 6) is 2.77. The van der Waals surface area contributed by atoms with Gasteiger partial charge in [-0.05, 0) is 56.0 Å². The minimum Gasteiger partial charge on any atom is -0.314 e. The van der Waals surface area contributed by atoms with Crippen LogP contribution in [-0.2, 0) is 0 Å². The van der Waals surface area contributed by atoms with Crippen molar-refractivity contribution >= 4 is 0 Å². The first-order chi connectivity index (χ1) is 8.22. The van der Waals surface area contributed by atoms with Gasteiger partial charge in [0.15, 0.2) is 0 Å². The maximum absolute atomic E-state index is 3.73. The largest absolute Gasteiger partial charge is 0.314 e. The molecule has 0 aliphatic heterocycles. The molecule has 0 saturated heterocycles. The lowest BCUT2D eigenvalue weighted by molar-refractivity contribution is 0.287. The monoisotopic (exact) mass is 229 g/mol. The van der Waals surface area contributed by atoms with E-state index < -0.39 is 0 Å². The Labute approximate surface area is 105 Å². The van der Waals surface area contributed by atoms with E-state index in [-0.39, 0.29) is 0 Å². The van der Waals surface area contributed by atoms with Crippen molar-refractivity contribution in [3.05, 3.63) is 35.4 Å². The van der Waals surface area contributed by atoms with Crippen molar-refractivity contribution in [2.45, 2.75) is 45.1 Å². The van der Waals surface area contributed by atoms with Crippen LogP contribution in [0.15, 0.2) is 24.3 Å². The Hall–Kier alpha value is -0.820. The van der Waals surface area contributed by atoms with E-state index in [1.54, 1.807) is 5.56 Å². The number of hydrogen-bond donors (Lipinski definition) is 1. The molecule has 2 aliphatic carbocycles. The molecule has 1 aromatic rings. The van der Waals surface area contributed by atoms with E-state index in [1.165, 1.54) is 31.4 Å². The maximum Gasteiger partial charge on any atom is 0.00788 e. The van der Waals surface area contributed by atoms with E-state index in [9.17, 15) is 0 Å². The van der Waals surface area contributed by atoms with Crippen LogP contribution in [0.25, 0.3) is 0 Å². The molecule has 0 radical (unpaired) electrons. The van der Waals surface area contributed by atoms with Crippen molar-refractivity contribution < 1.29 is 0 Å². The Kier molecular flexibility index (Phi) is 2.96. The molecule has 0 aromatic heterocycles. The first-order valence-corrected chi connectivity index (χ1v) is 7.02. The highest BCUT2D eigenvalue weighted by molar-refractivity contribution is 5.27. The van der Waals surface area contributed by atoms with Gasteiger partial charge in [0.1, 0.15) is 0 Å². The summed E-state index contributed by atoms with van der Waals surface area (Å²) >= 11 is 0. The summed E-state index contributed by atoms with van der Waals surface area (Å²) in [6.07, 6.45) is 4.12. The van der Waals surface area contributed by atoms with Crippen LogP contribution >= 0.6 is 0 Å². The molecule has 0 bridgehead atoms. The summed E-state index contributed by atoms with van der Waals surface area (Å²) < 4.78 is 0. The Morgan fingerprint density at radius 1 is 1.24 bits per heavy atom. The zero-order valence-electron chi connectivity index (χ0n) is 10.9. The van der Waals surface area contributed by atoms with Crippen molar-refractivity contribution in [3.63, 3.8) is 0 Å². The Morgan fingerprint density at radius 2 is 2.00 bits per heavy atom. The molecule has 1 heteroatoms. The van der Waals surface area contributed by atoms with Crippen molar-refractivity contribution in [2.75, 3.05) is 6.54 Å². The molecule has 3 rings (SSSR count). The minimum atomic E-state index is 0.785. The van der Waals surface area contributed by atoms with Crippen molar-refractivity contribution in [1.29, 1.82) is 0 Å². The zero-order chi connectivity index (χ0) is 11.8. The van der Waals surface area contributed by atoms with Crippen LogP contribution in [0.2, 0.25) is 0 Å². The van der Waals surface area contributed by atoms with Crippen LogP contribution < -0.4 is 5.32 Å². The third-order valence-electron chi connectivity index (χ3n) is 4.60. The molecular formula is C16H23N. The summed E-state index contributed by atoms with van der Waals surface area (Å²) in [7, 11) is 0. The fraction of sp³-hybridized carbons (Fsp3) is 0.625. The molecule has 2 aliphatic rings. The highest BCUT2D eigenvalue weighted by Crippen LogP contribution is 2.40. The fourth-order valence-corrected chi connectivity index (χ4v) is 2.98. The lowest BCUT2D eigenvalue weighted by Crippen LogP contribution is -2.41. The molecule has 2 unspecified atom stereocenters. The topological polar surface area (TPSA) is 12.0 Å². The summed E-state index contributed by atoms with van der Waals surface area (Å²) in [6.45, 7) is 5.81. The molecule has 1 nitrogen and oxygen atoms in total. The predicted molar refractivity (Wildman–Crippen MR) is 72.2 cm³/mol. The molecule has 2 fully saturated rings. The van der Waals surface area contributed by atoms with E-state index in [0.717, 1.165) is 23.8 Å². The lowest BCUT2D eigenvalue weighted by atomic mass is 9.75. The summed E-state index contributed by atoms with van der Waals surface area (Å²) in [5, 5.41) is 3.73. The summed E-state index contributed by atoms with van der Waals surface area (Å²) in [4.78, 5) is 0. The molecule has 17 heavy (non-hydrogen) atoms. The number of rotatable bonds is 4. The van der Waals surface area contributed by atoms with Crippen LogP contribution in [0.4, 0.5) is 0 Å². The maximum atomic E-state index is 3.73. The Morgan fingerprint density at radius 3 is 2.65 bits per heavy atom. The van der Waals surface area contributed by atoms with Gasteiger partial charge in [0.05, 0.1) is 0 Å². The van der Waals surface area contributed by atoms with E-state index >= 15 is 0 Å². The van der Waals surface area contributed by atoms with E-state index in [2.05, 4.69) is 43.4 Å². The SMILES string of the molecule is Cc1cccc(C2CC(NCC3CC3C)C2)c1. The van der Waals surface area contributed by atoms with E-state index in [4.69, 9.17) is 0 Å². The third-order valence-corrected chi connectivity index (χ3v) is 4.60. The molecule has 1 aromatic carbocycles. The van der Waals surface area contributed by atoms with Gasteiger partial charge in [0, 0.05) is 6.04 Å². The average Bonchev–Trinajstić information content (AvgIpc) is 2.92. The summed E-state index contributed by atoms with van der Waals surface area (Å²) in [5.41, 5.74) is 2.94. The van der Waals surface area contributed by atoms with E-state index in [1.807, 2.05) is 0 Å². The molecule has 0 spiro atoms. The van der Waals surface area contributed by atoms with Gasteiger partial charge in [-0.3, -0.25) is 0 Å². The molecule has 0 heterocycles. The molecule has 2 saturated carbocycles. The Balaban J connectivity index is 1.44. The molecule has 2 atom stereocenters. The second-order valence-corrected chi connectivity index (χ2v) is 6.16. The van der Waals surface area contributed by atoms with Gasteiger partial charge < -0.3 is 5.32 Å². The second kappa shape index (κ2) is 4.45. The standard InChI is InChI=1S/C16H23N/c1-11-4-3-5-13(6-11)14-8-16(9-14)17-10-15-7-12(15)2/h3-6,12,14-17H,7-10H2,1-2H3. The van der Waals surface area contributed by atoms with E-state index in [0.29, 0.717) is 0 Å². The van der Waals surface area contributed by atoms with Gasteiger partial charge in [0.2, 0.25) is 0 Å². The van der Waals surface area contributed by atoms with Gasteiger partial charge in [-0.2, -0.15) is 0 Å². The van der Waals surface area contributed by atoms with Crippen LogP contribution in [0.3, 0.4) is 0 Å². The molecule has 0 amide bonds. The molecular weight excluding hydrogens is 206 g/mol. The van der Waals surface area contributed by atoms with Crippen LogP contribution in [0, 0.1) is 18.8 Å². The highest BCUT2D eigenvalue weighted by atomic mass is 14.9. The smallest absolute Gasteiger partial charge is 0.00788 e.